The molecule has 3 rings (SSSR count). The zero-order chi connectivity index (χ0) is 21.0. The van der Waals surface area contributed by atoms with Crippen LogP contribution >= 0.6 is 22.6 Å². The maximum Gasteiger partial charge on any atom is 0.329 e. The van der Waals surface area contributed by atoms with Gasteiger partial charge in [-0.25, -0.2) is 4.79 Å². The maximum absolute atomic E-state index is 12.7. The number of carbonyl (C=O) groups excluding carboxylic acids is 2. The molecule has 0 radical (unpaired) electrons. The summed E-state index contributed by atoms with van der Waals surface area (Å²) >= 11 is 2.18. The fourth-order valence-electron chi connectivity index (χ4n) is 2.87. The Labute approximate surface area is 184 Å². The van der Waals surface area contributed by atoms with E-state index in [1.165, 1.54) is 4.90 Å². The number of amides is 3. The number of ether oxygens (including phenoxy) is 2. The van der Waals surface area contributed by atoms with Gasteiger partial charge < -0.3 is 14.8 Å². The van der Waals surface area contributed by atoms with Crippen molar-refractivity contribution in [3.8, 4) is 11.5 Å². The minimum absolute atomic E-state index is 0.0591. The average Bonchev–Trinajstić information content (AvgIpc) is 2.97. The molecule has 0 saturated carbocycles. The highest BCUT2D eigenvalue weighted by Crippen LogP contribution is 2.35. The quantitative estimate of drug-likeness (QED) is 0.340. The summed E-state index contributed by atoms with van der Waals surface area (Å²) in [5.41, 5.74) is 1.87. The molecule has 3 amide bonds. The van der Waals surface area contributed by atoms with E-state index in [2.05, 4.69) is 34.8 Å². The first-order valence-electron chi connectivity index (χ1n) is 9.35. The Kier molecular flexibility index (Phi) is 6.79. The van der Waals surface area contributed by atoms with Crippen molar-refractivity contribution in [3.05, 3.63) is 62.9 Å². The molecule has 29 heavy (non-hydrogen) atoms. The zero-order valence-corrected chi connectivity index (χ0v) is 18.7. The third-order valence-corrected chi connectivity index (χ3v) is 5.40. The Balaban J connectivity index is 1.85. The summed E-state index contributed by atoms with van der Waals surface area (Å²) in [5, 5.41) is 2.66. The van der Waals surface area contributed by atoms with Crippen LogP contribution in [0, 0.1) is 3.57 Å². The maximum atomic E-state index is 12.7. The number of rotatable bonds is 7. The molecule has 2 aromatic rings. The summed E-state index contributed by atoms with van der Waals surface area (Å²) in [6.07, 6.45) is 2.59. The van der Waals surface area contributed by atoms with Gasteiger partial charge in [-0.2, -0.15) is 0 Å². The van der Waals surface area contributed by atoms with E-state index in [4.69, 9.17) is 9.47 Å². The molecule has 1 fully saturated rings. The third kappa shape index (κ3) is 4.90. The molecular formula is C22H23IN2O4. The van der Waals surface area contributed by atoms with Crippen LogP contribution in [0.25, 0.3) is 6.08 Å². The molecule has 0 aliphatic carbocycles. The van der Waals surface area contributed by atoms with Crippen molar-refractivity contribution >= 4 is 40.6 Å². The van der Waals surface area contributed by atoms with Gasteiger partial charge in [-0.15, -0.1) is 0 Å². The smallest absolute Gasteiger partial charge is 0.329 e. The van der Waals surface area contributed by atoms with Gasteiger partial charge in [0.2, 0.25) is 0 Å². The first-order valence-corrected chi connectivity index (χ1v) is 10.4. The van der Waals surface area contributed by atoms with Gasteiger partial charge in [0.25, 0.3) is 5.91 Å². The highest BCUT2D eigenvalue weighted by molar-refractivity contribution is 14.1. The molecule has 6 nitrogen and oxygen atoms in total. The SMILES string of the molecule is CC[C@H](C)Oc1c(I)cc(/C=C2/NC(=O)N(Cc3ccccc3)C2=O)cc1OC. The molecule has 1 N–H and O–H groups in total. The number of carbonyl (C=O) groups is 2. The lowest BCUT2D eigenvalue weighted by Crippen LogP contribution is -2.30. The molecule has 1 aliphatic heterocycles. The fraction of sp³-hybridized carbons (Fsp3) is 0.273. The van der Waals surface area contributed by atoms with Gasteiger partial charge in [0.05, 0.1) is 23.3 Å². The number of urea groups is 1. The minimum Gasteiger partial charge on any atom is -0.493 e. The molecule has 0 bridgehead atoms. The number of methoxy groups -OCH3 is 1. The molecule has 152 valence electrons. The predicted molar refractivity (Wildman–Crippen MR) is 120 cm³/mol. The first-order chi connectivity index (χ1) is 13.9. The molecule has 0 unspecified atom stereocenters. The Morgan fingerprint density at radius 3 is 2.59 bits per heavy atom. The third-order valence-electron chi connectivity index (χ3n) is 4.60. The van der Waals surface area contributed by atoms with Gasteiger partial charge in [-0.05, 0) is 65.3 Å². The lowest BCUT2D eigenvalue weighted by atomic mass is 10.1. The minimum atomic E-state index is -0.427. The van der Waals surface area contributed by atoms with Crippen molar-refractivity contribution in [2.24, 2.45) is 0 Å². The standard InChI is InChI=1S/C22H23IN2O4/c1-4-14(2)29-20-17(23)10-16(12-19(20)28-3)11-18-21(26)25(22(27)24-18)13-15-8-6-5-7-9-15/h5-12,14H,4,13H2,1-3H3,(H,24,27)/b18-11+/t14-/m0/s1. The van der Waals surface area contributed by atoms with E-state index in [1.54, 1.807) is 19.3 Å². The van der Waals surface area contributed by atoms with Crippen LogP contribution in [0.4, 0.5) is 4.79 Å². The summed E-state index contributed by atoms with van der Waals surface area (Å²) in [6, 6.07) is 12.7. The summed E-state index contributed by atoms with van der Waals surface area (Å²) < 4.78 is 12.3. The van der Waals surface area contributed by atoms with Crippen molar-refractivity contribution in [2.45, 2.75) is 32.9 Å². The van der Waals surface area contributed by atoms with E-state index in [1.807, 2.05) is 43.3 Å². The average molecular weight is 506 g/mol. The van der Waals surface area contributed by atoms with Crippen LogP contribution in [0.1, 0.15) is 31.4 Å². The topological polar surface area (TPSA) is 67.9 Å². The van der Waals surface area contributed by atoms with Gasteiger partial charge in [-0.3, -0.25) is 9.69 Å². The summed E-state index contributed by atoms with van der Waals surface area (Å²) in [7, 11) is 1.58. The number of nitrogens with one attached hydrogen (secondary N) is 1. The molecule has 0 spiro atoms. The van der Waals surface area contributed by atoms with Crippen LogP contribution in [0.3, 0.4) is 0 Å². The van der Waals surface area contributed by atoms with E-state index >= 15 is 0 Å². The number of imide groups is 1. The normalized spacial score (nSPS) is 16.1. The van der Waals surface area contributed by atoms with Crippen molar-refractivity contribution in [1.29, 1.82) is 0 Å². The molecule has 2 aromatic carbocycles. The number of hydrogen-bond donors (Lipinski definition) is 1. The number of benzene rings is 2. The van der Waals surface area contributed by atoms with Gasteiger partial charge >= 0.3 is 6.03 Å². The van der Waals surface area contributed by atoms with Crippen LogP contribution in [-0.4, -0.2) is 30.1 Å². The van der Waals surface area contributed by atoms with E-state index in [0.717, 1.165) is 21.1 Å². The fourth-order valence-corrected chi connectivity index (χ4v) is 3.62. The number of nitrogens with zero attached hydrogens (tertiary/aromatic N) is 1. The van der Waals surface area contributed by atoms with E-state index in [0.29, 0.717) is 11.5 Å². The highest BCUT2D eigenvalue weighted by atomic mass is 127. The van der Waals surface area contributed by atoms with Crippen molar-refractivity contribution in [1.82, 2.24) is 10.2 Å². The van der Waals surface area contributed by atoms with E-state index in [-0.39, 0.29) is 24.3 Å². The molecule has 1 atom stereocenters. The lowest BCUT2D eigenvalue weighted by molar-refractivity contribution is -0.123. The van der Waals surface area contributed by atoms with Gasteiger partial charge in [-0.1, -0.05) is 37.3 Å². The molecular weight excluding hydrogens is 483 g/mol. The van der Waals surface area contributed by atoms with Crippen LogP contribution in [0.15, 0.2) is 48.2 Å². The van der Waals surface area contributed by atoms with Crippen LogP contribution in [0.5, 0.6) is 11.5 Å². The van der Waals surface area contributed by atoms with Crippen molar-refractivity contribution in [3.63, 3.8) is 0 Å². The molecule has 0 aromatic heterocycles. The largest absolute Gasteiger partial charge is 0.493 e. The first kappa shape index (κ1) is 21.2. The van der Waals surface area contributed by atoms with Crippen molar-refractivity contribution in [2.75, 3.05) is 7.11 Å². The monoisotopic (exact) mass is 506 g/mol. The Hall–Kier alpha value is -2.55. The Morgan fingerprint density at radius 1 is 1.21 bits per heavy atom. The Bertz CT molecular complexity index is 943. The zero-order valence-electron chi connectivity index (χ0n) is 16.6. The van der Waals surface area contributed by atoms with E-state index in [9.17, 15) is 9.59 Å². The van der Waals surface area contributed by atoms with Gasteiger partial charge in [0.1, 0.15) is 5.70 Å². The second-order valence-corrected chi connectivity index (χ2v) is 7.90. The second kappa shape index (κ2) is 9.30. The molecule has 7 heteroatoms. The number of hydrogen-bond acceptors (Lipinski definition) is 4. The van der Waals surface area contributed by atoms with Crippen LogP contribution in [-0.2, 0) is 11.3 Å². The second-order valence-electron chi connectivity index (χ2n) is 6.74. The Morgan fingerprint density at radius 2 is 1.93 bits per heavy atom. The highest BCUT2D eigenvalue weighted by Gasteiger charge is 2.33. The van der Waals surface area contributed by atoms with Crippen molar-refractivity contribution < 1.29 is 19.1 Å². The summed E-state index contributed by atoms with van der Waals surface area (Å²) in [4.78, 5) is 26.2. The molecule has 1 aliphatic rings. The van der Waals surface area contributed by atoms with Crippen LogP contribution < -0.4 is 14.8 Å². The van der Waals surface area contributed by atoms with E-state index < -0.39 is 6.03 Å². The number of halogens is 1. The van der Waals surface area contributed by atoms with Gasteiger partial charge in [0, 0.05) is 0 Å². The predicted octanol–water partition coefficient (Wildman–Crippen LogP) is 4.57. The van der Waals surface area contributed by atoms with Crippen LogP contribution in [0.2, 0.25) is 0 Å². The lowest BCUT2D eigenvalue weighted by Gasteiger charge is -2.17. The molecule has 1 saturated heterocycles. The molecule has 1 heterocycles. The van der Waals surface area contributed by atoms with Gasteiger partial charge in [0.15, 0.2) is 11.5 Å². The summed E-state index contributed by atoms with van der Waals surface area (Å²) in [5.74, 6) is 0.909. The summed E-state index contributed by atoms with van der Waals surface area (Å²) in [6.45, 7) is 4.28.